The number of benzene rings is 1. The maximum absolute atomic E-state index is 13.1. The van der Waals surface area contributed by atoms with Gasteiger partial charge >= 0.3 is 0 Å². The van der Waals surface area contributed by atoms with Gasteiger partial charge in [0.2, 0.25) is 11.8 Å². The largest absolute Gasteiger partial charge is 0.356 e. The van der Waals surface area contributed by atoms with E-state index in [0.29, 0.717) is 38.4 Å². The minimum absolute atomic E-state index is 0.0396. The molecule has 0 atom stereocenters. The summed E-state index contributed by atoms with van der Waals surface area (Å²) in [6.45, 7) is 1.89. The average Bonchev–Trinajstić information content (AvgIpc) is 2.59. The van der Waals surface area contributed by atoms with Gasteiger partial charge in [-0.15, -0.1) is 0 Å². The van der Waals surface area contributed by atoms with Crippen LogP contribution in [0.5, 0.6) is 0 Å². The van der Waals surface area contributed by atoms with E-state index in [2.05, 4.69) is 5.32 Å². The number of piperidine rings is 1. The Hall–Kier alpha value is -2.42. The molecule has 2 rings (SSSR count). The van der Waals surface area contributed by atoms with Crippen molar-refractivity contribution in [2.24, 2.45) is 5.92 Å². The summed E-state index contributed by atoms with van der Waals surface area (Å²) < 4.78 is 13.1. The summed E-state index contributed by atoms with van der Waals surface area (Å²) >= 11 is 0. The van der Waals surface area contributed by atoms with Crippen molar-refractivity contribution in [3.63, 3.8) is 0 Å². The normalized spacial score (nSPS) is 14.9. The number of likely N-dealkylation sites (tertiary alicyclic amines) is 1. The van der Waals surface area contributed by atoms with Crippen LogP contribution in [-0.2, 0) is 16.0 Å². The van der Waals surface area contributed by atoms with Crippen molar-refractivity contribution in [1.82, 2.24) is 10.2 Å². The number of aryl methyl sites for hydroxylation is 1. The molecule has 0 aliphatic carbocycles. The van der Waals surface area contributed by atoms with Crippen LogP contribution in [0.4, 0.5) is 4.39 Å². The summed E-state index contributed by atoms with van der Waals surface area (Å²) in [7, 11) is 0. The van der Waals surface area contributed by atoms with Crippen LogP contribution in [0.15, 0.2) is 24.3 Å². The summed E-state index contributed by atoms with van der Waals surface area (Å²) in [6, 6.07) is 8.16. The molecule has 24 heavy (non-hydrogen) atoms. The molecule has 0 bridgehead atoms. The highest BCUT2D eigenvalue weighted by Gasteiger charge is 2.22. The number of nitrogens with one attached hydrogen (secondary N) is 1. The molecule has 0 spiro atoms. The highest BCUT2D eigenvalue weighted by Crippen LogP contribution is 2.17. The molecule has 1 aliphatic heterocycles. The van der Waals surface area contributed by atoms with Crippen molar-refractivity contribution in [2.75, 3.05) is 19.6 Å². The summed E-state index contributed by atoms with van der Waals surface area (Å²) in [5.74, 6) is -0.0859. The zero-order chi connectivity index (χ0) is 17.4. The number of nitriles is 1. The smallest absolute Gasteiger partial charge is 0.236 e. The van der Waals surface area contributed by atoms with Gasteiger partial charge < -0.3 is 10.2 Å². The Labute approximate surface area is 141 Å². The third-order valence-electron chi connectivity index (χ3n) is 4.32. The Morgan fingerprint density at radius 1 is 1.33 bits per heavy atom. The number of hydrogen-bond donors (Lipinski definition) is 1. The third-order valence-corrected chi connectivity index (χ3v) is 4.32. The van der Waals surface area contributed by atoms with Crippen molar-refractivity contribution >= 4 is 11.8 Å². The van der Waals surface area contributed by atoms with Gasteiger partial charge in [-0.2, -0.15) is 5.26 Å². The first kappa shape index (κ1) is 17.9. The number of carbonyl (C=O) groups excluding carboxylic acids is 2. The first-order valence-electron chi connectivity index (χ1n) is 8.24. The Kier molecular flexibility index (Phi) is 6.74. The van der Waals surface area contributed by atoms with Crippen LogP contribution in [0.2, 0.25) is 0 Å². The Morgan fingerprint density at radius 3 is 2.75 bits per heavy atom. The van der Waals surface area contributed by atoms with Crippen LogP contribution < -0.4 is 5.32 Å². The number of halogens is 1. The minimum atomic E-state index is -0.286. The minimum Gasteiger partial charge on any atom is -0.356 e. The predicted molar refractivity (Wildman–Crippen MR) is 87.3 cm³/mol. The molecule has 1 aromatic carbocycles. The maximum Gasteiger partial charge on any atom is 0.236 e. The van der Waals surface area contributed by atoms with Gasteiger partial charge in [-0.1, -0.05) is 12.1 Å². The van der Waals surface area contributed by atoms with Gasteiger partial charge in [0.25, 0.3) is 0 Å². The molecule has 128 valence electrons. The van der Waals surface area contributed by atoms with Gasteiger partial charge in [0, 0.05) is 26.1 Å². The zero-order valence-corrected chi connectivity index (χ0v) is 13.6. The lowest BCUT2D eigenvalue weighted by Crippen LogP contribution is -2.41. The van der Waals surface area contributed by atoms with Crippen LogP contribution in [0.1, 0.15) is 31.2 Å². The average molecular weight is 331 g/mol. The fourth-order valence-electron chi connectivity index (χ4n) is 2.86. The van der Waals surface area contributed by atoms with E-state index in [4.69, 9.17) is 5.26 Å². The summed E-state index contributed by atoms with van der Waals surface area (Å²) in [6.07, 6.45) is 2.46. The number of rotatable bonds is 6. The monoisotopic (exact) mass is 331 g/mol. The topological polar surface area (TPSA) is 73.2 Å². The van der Waals surface area contributed by atoms with Crippen molar-refractivity contribution in [3.8, 4) is 6.07 Å². The molecular formula is C18H22FN3O2. The van der Waals surface area contributed by atoms with Gasteiger partial charge in [-0.3, -0.25) is 9.59 Å². The number of hydrogen-bond acceptors (Lipinski definition) is 3. The first-order valence-corrected chi connectivity index (χ1v) is 8.24. The number of carbonyl (C=O) groups is 2. The van der Waals surface area contributed by atoms with E-state index in [1.165, 1.54) is 12.1 Å². The maximum atomic E-state index is 13.1. The standard InChI is InChI=1S/C18H22FN3O2/c19-16-3-1-2-14(12-16)4-5-17(23)21-13-15-7-10-22(11-8-15)18(24)6-9-20/h1-3,12,15H,4-8,10-11,13H2,(H,21,23). The molecule has 5 nitrogen and oxygen atoms in total. The molecule has 0 radical (unpaired) electrons. The second kappa shape index (κ2) is 9.02. The van der Waals surface area contributed by atoms with E-state index < -0.39 is 0 Å². The molecule has 1 aromatic rings. The zero-order valence-electron chi connectivity index (χ0n) is 13.6. The predicted octanol–water partition coefficient (Wildman–Crippen LogP) is 2.03. The Balaban J connectivity index is 1.64. The fraction of sp³-hybridized carbons (Fsp3) is 0.500. The lowest BCUT2D eigenvalue weighted by atomic mass is 9.96. The molecule has 0 unspecified atom stereocenters. The molecule has 0 aromatic heterocycles. The molecule has 1 aliphatic rings. The molecule has 1 N–H and O–H groups in total. The molecular weight excluding hydrogens is 309 g/mol. The highest BCUT2D eigenvalue weighted by atomic mass is 19.1. The van der Waals surface area contributed by atoms with E-state index in [1.807, 2.05) is 12.1 Å². The SMILES string of the molecule is N#CCC(=O)N1CCC(CNC(=O)CCc2cccc(F)c2)CC1. The number of amides is 2. The summed E-state index contributed by atoms with van der Waals surface area (Å²) in [5, 5.41) is 11.5. The lowest BCUT2D eigenvalue weighted by Gasteiger charge is -2.31. The van der Waals surface area contributed by atoms with Crippen LogP contribution in [0, 0.1) is 23.1 Å². The van der Waals surface area contributed by atoms with Crippen molar-refractivity contribution in [2.45, 2.75) is 32.1 Å². The molecule has 1 fully saturated rings. The van der Waals surface area contributed by atoms with Gasteiger partial charge in [-0.25, -0.2) is 4.39 Å². The van der Waals surface area contributed by atoms with E-state index in [-0.39, 0.29) is 24.1 Å². The van der Waals surface area contributed by atoms with Crippen molar-refractivity contribution in [1.29, 1.82) is 5.26 Å². The fourth-order valence-corrected chi connectivity index (χ4v) is 2.86. The van der Waals surface area contributed by atoms with Crippen LogP contribution >= 0.6 is 0 Å². The first-order chi connectivity index (χ1) is 11.6. The van der Waals surface area contributed by atoms with Gasteiger partial charge in [0.15, 0.2) is 0 Å². The van der Waals surface area contributed by atoms with E-state index in [1.54, 1.807) is 11.0 Å². The lowest BCUT2D eigenvalue weighted by molar-refractivity contribution is -0.131. The molecule has 2 amide bonds. The molecule has 1 saturated heterocycles. The summed E-state index contributed by atoms with van der Waals surface area (Å²) in [4.78, 5) is 25.2. The second-order valence-electron chi connectivity index (χ2n) is 6.09. The van der Waals surface area contributed by atoms with Crippen molar-refractivity contribution < 1.29 is 14.0 Å². The second-order valence-corrected chi connectivity index (χ2v) is 6.09. The Morgan fingerprint density at radius 2 is 2.08 bits per heavy atom. The van der Waals surface area contributed by atoms with E-state index >= 15 is 0 Å². The Bertz CT molecular complexity index is 619. The van der Waals surface area contributed by atoms with Crippen LogP contribution in [0.25, 0.3) is 0 Å². The third kappa shape index (κ3) is 5.65. The summed E-state index contributed by atoms with van der Waals surface area (Å²) in [5.41, 5.74) is 0.814. The van der Waals surface area contributed by atoms with E-state index in [9.17, 15) is 14.0 Å². The van der Waals surface area contributed by atoms with Gasteiger partial charge in [-0.05, 0) is 42.9 Å². The molecule has 6 heteroatoms. The molecule has 0 saturated carbocycles. The molecule has 1 heterocycles. The highest BCUT2D eigenvalue weighted by molar-refractivity contribution is 5.78. The van der Waals surface area contributed by atoms with Crippen molar-refractivity contribution in [3.05, 3.63) is 35.6 Å². The van der Waals surface area contributed by atoms with Crippen LogP contribution in [0.3, 0.4) is 0 Å². The van der Waals surface area contributed by atoms with Gasteiger partial charge in [0.05, 0.1) is 6.07 Å². The van der Waals surface area contributed by atoms with E-state index in [0.717, 1.165) is 18.4 Å². The van der Waals surface area contributed by atoms with Crippen LogP contribution in [-0.4, -0.2) is 36.3 Å². The quantitative estimate of drug-likeness (QED) is 0.867. The van der Waals surface area contributed by atoms with Gasteiger partial charge in [0.1, 0.15) is 12.2 Å². The number of nitrogens with zero attached hydrogens (tertiary/aromatic N) is 2.